The van der Waals surface area contributed by atoms with Gasteiger partial charge in [-0.05, 0) is 128 Å². The Balaban J connectivity index is -0.00000133. The molecule has 0 aliphatic rings. The van der Waals surface area contributed by atoms with E-state index in [1.807, 2.05) is 0 Å². The zero-order valence-electron chi connectivity index (χ0n) is 58.4. The molecule has 0 aromatic heterocycles. The van der Waals surface area contributed by atoms with Crippen LogP contribution in [0.2, 0.25) is 6.82 Å². The summed E-state index contributed by atoms with van der Waals surface area (Å²) in [6.45, 7) is 13.0. The zero-order chi connectivity index (χ0) is 64.6. The molecule has 0 heterocycles. The Hall–Kier alpha value is -3.18. The summed E-state index contributed by atoms with van der Waals surface area (Å²) in [6, 6.07) is 0. The van der Waals surface area contributed by atoms with Gasteiger partial charge in [-0.1, -0.05) is 270 Å². The molecule has 11 heteroatoms. The van der Waals surface area contributed by atoms with Crippen molar-refractivity contribution in [1.29, 1.82) is 0 Å². The minimum atomic E-state index is -0.183. The van der Waals surface area contributed by atoms with E-state index in [-0.39, 0.29) is 42.2 Å². The molecule has 0 aliphatic carbocycles. The number of allylic oxidation sites excluding steroid dienone is 5. The molecule has 509 valence electrons. The molecule has 87 heavy (non-hydrogen) atoms. The van der Waals surface area contributed by atoms with Gasteiger partial charge in [0.1, 0.15) is 6.10 Å². The first-order valence-electron chi connectivity index (χ1n) is 36.7. The minimum absolute atomic E-state index is 0.00516. The first-order valence-corrected chi connectivity index (χ1v) is 36.7. The van der Waals surface area contributed by atoms with Crippen LogP contribution in [0.5, 0.6) is 0 Å². The maximum atomic E-state index is 12.5. The summed E-state index contributed by atoms with van der Waals surface area (Å²) in [6.07, 6.45) is 74.6. The Morgan fingerprint density at radius 1 is 0.345 bits per heavy atom. The Bertz CT molecular complexity index is 1560. The van der Waals surface area contributed by atoms with Crippen LogP contribution < -0.4 is 0 Å². The molecule has 0 amide bonds. The molecule has 10 nitrogen and oxygen atoms in total. The Morgan fingerprint density at radius 2 is 0.644 bits per heavy atom. The van der Waals surface area contributed by atoms with Crippen LogP contribution in [-0.2, 0) is 38.0 Å². The van der Waals surface area contributed by atoms with E-state index < -0.39 is 0 Å². The van der Waals surface area contributed by atoms with E-state index in [9.17, 15) is 29.4 Å². The summed E-state index contributed by atoms with van der Waals surface area (Å²) < 4.78 is 20.0. The first-order chi connectivity index (χ1) is 42.4. The normalized spacial score (nSPS) is 12.9. The first kappa shape index (κ1) is 88.0. The summed E-state index contributed by atoms with van der Waals surface area (Å²) in [4.78, 5) is 45.7. The van der Waals surface area contributed by atoms with Crippen LogP contribution in [0.4, 0.5) is 0 Å². The third-order valence-electron chi connectivity index (χ3n) is 16.1. The molecular formula is C76H142BO10. The number of aliphatic hydroxyl groups is 2. The van der Waals surface area contributed by atoms with Gasteiger partial charge in [-0.15, -0.1) is 0 Å². The van der Waals surface area contributed by atoms with E-state index >= 15 is 0 Å². The van der Waals surface area contributed by atoms with Gasteiger partial charge in [-0.25, -0.2) is 0 Å². The van der Waals surface area contributed by atoms with Crippen molar-refractivity contribution >= 4 is 31.4 Å². The van der Waals surface area contributed by atoms with Crippen molar-refractivity contribution in [3.05, 3.63) is 48.6 Å². The van der Waals surface area contributed by atoms with Gasteiger partial charge in [-0.2, -0.15) is 0 Å². The van der Waals surface area contributed by atoms with Crippen molar-refractivity contribution < 1.29 is 48.3 Å². The summed E-state index contributed by atoms with van der Waals surface area (Å²) >= 11 is 0. The number of carbonyl (C=O) groups excluding carboxylic acids is 4. The fraction of sp³-hybridized carbons (Fsp3) is 0.842. The standard InChI is InChI=1S/C37H68O5.C20H38BO2.C19H36O3/c1-4-6-8-22-28-34(38)29-23-18-14-10-12-17-21-27-33-37(40)42-35(30-24-9-7-5-2)31-25-19-15-11-13-16-20-26-32-36(39)41-3;1-4-5-6-13-16-19(2)17-14-11-9-7-8-10-12-15-18-20(22)23-21-3;1-3-4-5-12-15-18(20)16-13-10-8-6-7-9-11-14-17-19(21)22-2/h18-19,23,25,34-35,38H,4-17,20-22,24,26-33H2,1-3H3;11,14,19H,4-10,12-13,15-18H2,1-3H3;10,13,18,20H,3-9,11-12,14-17H2,1-2H3/b23-18-,25-19-;14-11-;13-10+. The number of ether oxygens (including phenoxy) is 3. The summed E-state index contributed by atoms with van der Waals surface area (Å²) in [5.41, 5.74) is 0. The van der Waals surface area contributed by atoms with Crippen LogP contribution in [0.3, 0.4) is 0 Å². The van der Waals surface area contributed by atoms with E-state index in [2.05, 4.69) is 92.7 Å². The lowest BCUT2D eigenvalue weighted by atomic mass is 9.99. The smallest absolute Gasteiger partial charge is 0.370 e. The number of rotatable bonds is 62. The Morgan fingerprint density at radius 3 is 1.01 bits per heavy atom. The lowest BCUT2D eigenvalue weighted by Gasteiger charge is -2.16. The molecule has 0 rings (SSSR count). The Kier molecular flexibility index (Phi) is 76.2. The molecule has 0 fully saturated rings. The number of esters is 3. The zero-order valence-corrected chi connectivity index (χ0v) is 58.4. The topological polar surface area (TPSA) is 146 Å². The highest BCUT2D eigenvalue weighted by Crippen LogP contribution is 2.19. The lowest BCUT2D eigenvalue weighted by Crippen LogP contribution is -2.17. The quantitative estimate of drug-likeness (QED) is 0.0198. The van der Waals surface area contributed by atoms with Crippen LogP contribution in [0.1, 0.15) is 369 Å². The van der Waals surface area contributed by atoms with E-state index in [1.165, 1.54) is 182 Å². The third-order valence-corrected chi connectivity index (χ3v) is 16.1. The number of unbranched alkanes of at least 4 members (excludes halogenated alkanes) is 32. The van der Waals surface area contributed by atoms with Crippen LogP contribution in [0.15, 0.2) is 48.6 Å². The monoisotopic (exact) mass is 1230 g/mol. The van der Waals surface area contributed by atoms with Crippen molar-refractivity contribution in [3.8, 4) is 0 Å². The van der Waals surface area contributed by atoms with Gasteiger partial charge in [-0.3, -0.25) is 19.2 Å². The maximum Gasteiger partial charge on any atom is 0.370 e. The molecule has 2 N–H and O–H groups in total. The number of aliphatic hydroxyl groups excluding tert-OH is 2. The second-order valence-corrected chi connectivity index (χ2v) is 24.9. The molecular weight excluding hydrogens is 1080 g/mol. The highest BCUT2D eigenvalue weighted by atomic mass is 16.5. The van der Waals surface area contributed by atoms with Crippen molar-refractivity contribution in [1.82, 2.24) is 0 Å². The molecule has 0 spiro atoms. The number of methoxy groups -OCH3 is 2. The second-order valence-electron chi connectivity index (χ2n) is 24.9. The predicted octanol–water partition coefficient (Wildman–Crippen LogP) is 22.4. The highest BCUT2D eigenvalue weighted by Gasteiger charge is 2.13. The van der Waals surface area contributed by atoms with Crippen molar-refractivity contribution in [3.63, 3.8) is 0 Å². The molecule has 0 saturated heterocycles. The van der Waals surface area contributed by atoms with Crippen molar-refractivity contribution in [2.75, 3.05) is 14.2 Å². The third kappa shape index (κ3) is 77.0. The fourth-order valence-electron chi connectivity index (χ4n) is 10.4. The largest absolute Gasteiger partial charge is 0.539 e. The van der Waals surface area contributed by atoms with Gasteiger partial charge in [0.15, 0.2) is 0 Å². The molecule has 4 atom stereocenters. The fourth-order valence-corrected chi connectivity index (χ4v) is 10.4. The number of carbonyl (C=O) groups is 4. The highest BCUT2D eigenvalue weighted by molar-refractivity contribution is 6.28. The van der Waals surface area contributed by atoms with Crippen LogP contribution in [0.25, 0.3) is 0 Å². The van der Waals surface area contributed by atoms with Gasteiger partial charge in [0.05, 0.1) is 26.4 Å². The van der Waals surface area contributed by atoms with Crippen LogP contribution >= 0.6 is 0 Å². The summed E-state index contributed by atoms with van der Waals surface area (Å²) in [7, 11) is 4.35. The van der Waals surface area contributed by atoms with Crippen LogP contribution in [-0.4, -0.2) is 74.1 Å². The van der Waals surface area contributed by atoms with Gasteiger partial charge < -0.3 is 29.1 Å². The van der Waals surface area contributed by atoms with E-state index in [0.717, 1.165) is 154 Å². The second kappa shape index (κ2) is 75.3. The molecule has 0 bridgehead atoms. The molecule has 0 aromatic carbocycles. The average molecular weight is 1230 g/mol. The van der Waals surface area contributed by atoms with Crippen molar-refractivity contribution in [2.45, 2.75) is 394 Å². The molecule has 0 aliphatic heterocycles. The van der Waals surface area contributed by atoms with Gasteiger partial charge >= 0.3 is 25.4 Å². The van der Waals surface area contributed by atoms with Gasteiger partial charge in [0.25, 0.3) is 5.97 Å². The lowest BCUT2D eigenvalue weighted by molar-refractivity contribution is -0.149. The predicted molar refractivity (Wildman–Crippen MR) is 372 cm³/mol. The van der Waals surface area contributed by atoms with E-state index in [1.54, 1.807) is 6.82 Å². The average Bonchev–Trinajstić information content (AvgIpc) is 3.51. The molecule has 0 aromatic rings. The van der Waals surface area contributed by atoms with Crippen LogP contribution in [0, 0.1) is 5.92 Å². The minimum Gasteiger partial charge on any atom is -0.539 e. The SMILES string of the molecule is CCCCCCC(O)C/C=C/CCCCCCCC(=O)OC.CCCCCCC(O)C/C=C\CCCCCCCC(=O)OC(C/C=C\CCCCCCCC(=O)OC)CCCCCC.C[B]OC(=O)CCCCCCC/C=C\CC(C)CCCCCC. The molecule has 1 radical (unpaired) electrons. The molecule has 0 saturated carbocycles. The van der Waals surface area contributed by atoms with E-state index in [0.29, 0.717) is 25.7 Å². The van der Waals surface area contributed by atoms with Gasteiger partial charge in [0, 0.05) is 32.1 Å². The Labute approximate surface area is 539 Å². The number of hydrogen-bond acceptors (Lipinski definition) is 10. The van der Waals surface area contributed by atoms with Gasteiger partial charge in [0.2, 0.25) is 0 Å². The number of hydrogen-bond donors (Lipinski definition) is 2. The van der Waals surface area contributed by atoms with Crippen molar-refractivity contribution in [2.24, 2.45) is 5.92 Å². The summed E-state index contributed by atoms with van der Waals surface area (Å²) in [5, 5.41) is 19.9. The summed E-state index contributed by atoms with van der Waals surface area (Å²) in [5.74, 6) is 0.490. The van der Waals surface area contributed by atoms with E-state index in [4.69, 9.17) is 9.39 Å². The maximum absolute atomic E-state index is 12.5. The molecule has 4 unspecified atom stereocenters.